The summed E-state index contributed by atoms with van der Waals surface area (Å²) in [6.45, 7) is 9.93. The minimum atomic E-state index is -1.16. The smallest absolute Gasteiger partial charge is 0.309 e. The van der Waals surface area contributed by atoms with Gasteiger partial charge in [-0.3, -0.25) is 4.79 Å². The summed E-state index contributed by atoms with van der Waals surface area (Å²) in [7, 11) is 0. The second-order valence-electron chi connectivity index (χ2n) is 5.53. The van der Waals surface area contributed by atoms with Gasteiger partial charge in [-0.15, -0.1) is 0 Å². The Balaban J connectivity index is 4.31. The molecule has 0 amide bonds. The highest BCUT2D eigenvalue weighted by Gasteiger charge is 2.21. The van der Waals surface area contributed by atoms with Gasteiger partial charge in [0.25, 0.3) is 0 Å². The van der Waals surface area contributed by atoms with Crippen molar-refractivity contribution in [2.24, 2.45) is 0 Å². The molecule has 114 valence electrons. The predicted octanol–water partition coefficient (Wildman–Crippen LogP) is 3.94. The molecule has 0 bridgehead atoms. The van der Waals surface area contributed by atoms with Gasteiger partial charge in [0, 0.05) is 0 Å². The molecule has 1 unspecified atom stereocenters. The van der Waals surface area contributed by atoms with Gasteiger partial charge in [0.2, 0.25) is 0 Å². The second-order valence-corrected chi connectivity index (χ2v) is 5.53. The van der Waals surface area contributed by atoms with Crippen molar-refractivity contribution in [3.8, 4) is 0 Å². The SMILES string of the molecule is CCOC(=O)CC(C)(O)C=CC=C(C)CCC=C(C)C. The van der Waals surface area contributed by atoms with E-state index in [0.717, 1.165) is 12.8 Å². The first-order valence-electron chi connectivity index (χ1n) is 7.13. The van der Waals surface area contributed by atoms with E-state index in [-0.39, 0.29) is 12.4 Å². The zero-order chi connectivity index (χ0) is 15.6. The fourth-order valence-corrected chi connectivity index (χ4v) is 1.65. The number of rotatable bonds is 8. The summed E-state index contributed by atoms with van der Waals surface area (Å²) in [4.78, 5) is 11.3. The summed E-state index contributed by atoms with van der Waals surface area (Å²) in [6, 6.07) is 0. The monoisotopic (exact) mass is 280 g/mol. The molecule has 0 aliphatic rings. The maximum absolute atomic E-state index is 11.3. The van der Waals surface area contributed by atoms with E-state index in [1.807, 2.05) is 6.08 Å². The Kier molecular flexibility index (Phi) is 8.89. The molecule has 3 nitrogen and oxygen atoms in total. The molecule has 1 atom stereocenters. The van der Waals surface area contributed by atoms with Crippen molar-refractivity contribution in [3.63, 3.8) is 0 Å². The molecule has 0 radical (unpaired) electrons. The van der Waals surface area contributed by atoms with Crippen LogP contribution < -0.4 is 0 Å². The van der Waals surface area contributed by atoms with E-state index in [9.17, 15) is 9.90 Å². The Morgan fingerprint density at radius 2 is 1.95 bits per heavy atom. The van der Waals surface area contributed by atoms with Crippen LogP contribution in [0.2, 0.25) is 0 Å². The first-order chi connectivity index (χ1) is 9.26. The molecule has 20 heavy (non-hydrogen) atoms. The standard InChI is InChI=1S/C17H28O3/c1-6-20-16(18)13-17(5,19)12-8-11-15(4)10-7-9-14(2)3/h8-9,11-12,19H,6-7,10,13H2,1-5H3. The third-order valence-electron chi connectivity index (χ3n) is 2.73. The number of hydrogen-bond acceptors (Lipinski definition) is 3. The maximum Gasteiger partial charge on any atom is 0.309 e. The second kappa shape index (κ2) is 9.54. The number of carbonyl (C=O) groups excluding carboxylic acids is 1. The lowest BCUT2D eigenvalue weighted by molar-refractivity contribution is -0.146. The number of carbonyl (C=O) groups is 1. The van der Waals surface area contributed by atoms with Crippen LogP contribution in [-0.2, 0) is 9.53 Å². The van der Waals surface area contributed by atoms with Crippen molar-refractivity contribution < 1.29 is 14.6 Å². The number of allylic oxidation sites excluding steroid dienone is 5. The van der Waals surface area contributed by atoms with Gasteiger partial charge in [-0.25, -0.2) is 0 Å². The Morgan fingerprint density at radius 3 is 2.50 bits per heavy atom. The zero-order valence-electron chi connectivity index (χ0n) is 13.4. The molecule has 0 aromatic rings. The van der Waals surface area contributed by atoms with Crippen molar-refractivity contribution >= 4 is 5.97 Å². The van der Waals surface area contributed by atoms with E-state index in [2.05, 4.69) is 26.8 Å². The molecule has 0 aromatic heterocycles. The Morgan fingerprint density at radius 1 is 1.30 bits per heavy atom. The van der Waals surface area contributed by atoms with Gasteiger partial charge >= 0.3 is 5.97 Å². The van der Waals surface area contributed by atoms with Crippen LogP contribution in [0, 0.1) is 0 Å². The minimum Gasteiger partial charge on any atom is -0.466 e. The lowest BCUT2D eigenvalue weighted by atomic mass is 10.0. The summed E-state index contributed by atoms with van der Waals surface area (Å²) < 4.78 is 4.83. The van der Waals surface area contributed by atoms with E-state index in [4.69, 9.17) is 4.74 Å². The highest BCUT2D eigenvalue weighted by atomic mass is 16.5. The van der Waals surface area contributed by atoms with E-state index in [1.54, 1.807) is 26.0 Å². The third-order valence-corrected chi connectivity index (χ3v) is 2.73. The molecule has 0 rings (SSSR count). The van der Waals surface area contributed by atoms with Gasteiger partial charge < -0.3 is 9.84 Å². The first kappa shape index (κ1) is 18.7. The van der Waals surface area contributed by atoms with Gasteiger partial charge in [-0.1, -0.05) is 35.5 Å². The van der Waals surface area contributed by atoms with Gasteiger partial charge in [-0.05, 0) is 47.5 Å². The molecule has 0 aromatic carbocycles. The van der Waals surface area contributed by atoms with E-state index >= 15 is 0 Å². The lowest BCUT2D eigenvalue weighted by Crippen LogP contribution is -2.26. The van der Waals surface area contributed by atoms with Crippen LogP contribution in [0.4, 0.5) is 0 Å². The Labute approximate surface area is 123 Å². The number of ether oxygens (including phenoxy) is 1. The molecule has 3 heteroatoms. The molecule has 0 aliphatic heterocycles. The van der Waals surface area contributed by atoms with E-state index < -0.39 is 5.60 Å². The third kappa shape index (κ3) is 10.6. The van der Waals surface area contributed by atoms with Crippen LogP contribution >= 0.6 is 0 Å². The average Bonchev–Trinajstić information content (AvgIpc) is 2.27. The molecule has 0 heterocycles. The normalized spacial score (nSPS) is 15.0. The average molecular weight is 280 g/mol. The van der Waals surface area contributed by atoms with Gasteiger partial charge in [0.15, 0.2) is 0 Å². The maximum atomic E-state index is 11.3. The minimum absolute atomic E-state index is 0.0258. The fraction of sp³-hybridized carbons (Fsp3) is 0.588. The van der Waals surface area contributed by atoms with Crippen molar-refractivity contribution in [2.75, 3.05) is 6.61 Å². The van der Waals surface area contributed by atoms with Gasteiger partial charge in [0.1, 0.15) is 0 Å². The molecule has 0 saturated carbocycles. The predicted molar refractivity (Wildman–Crippen MR) is 83.4 cm³/mol. The summed E-state index contributed by atoms with van der Waals surface area (Å²) in [5.74, 6) is -0.383. The quantitative estimate of drug-likeness (QED) is 0.416. The summed E-state index contributed by atoms with van der Waals surface area (Å²) in [6.07, 6.45) is 9.61. The summed E-state index contributed by atoms with van der Waals surface area (Å²) >= 11 is 0. The fourth-order valence-electron chi connectivity index (χ4n) is 1.65. The van der Waals surface area contributed by atoms with Crippen molar-refractivity contribution in [3.05, 3.63) is 35.5 Å². The molecule has 0 aliphatic carbocycles. The number of esters is 1. The molecule has 0 spiro atoms. The van der Waals surface area contributed by atoms with Crippen LogP contribution in [-0.4, -0.2) is 23.3 Å². The van der Waals surface area contributed by atoms with Crippen molar-refractivity contribution in [1.82, 2.24) is 0 Å². The van der Waals surface area contributed by atoms with Crippen molar-refractivity contribution in [1.29, 1.82) is 0 Å². The molecular formula is C17H28O3. The molecule has 0 saturated heterocycles. The Hall–Kier alpha value is -1.35. The summed E-state index contributed by atoms with van der Waals surface area (Å²) in [5.41, 5.74) is 1.40. The van der Waals surface area contributed by atoms with Gasteiger partial charge in [0.05, 0.1) is 18.6 Å². The zero-order valence-corrected chi connectivity index (χ0v) is 13.4. The molecule has 1 N–H and O–H groups in total. The summed E-state index contributed by atoms with van der Waals surface area (Å²) in [5, 5.41) is 10.0. The molecule has 0 fully saturated rings. The van der Waals surface area contributed by atoms with Crippen LogP contribution in [0.25, 0.3) is 0 Å². The van der Waals surface area contributed by atoms with Crippen LogP contribution in [0.5, 0.6) is 0 Å². The highest BCUT2D eigenvalue weighted by Crippen LogP contribution is 2.13. The largest absolute Gasteiger partial charge is 0.466 e. The van der Waals surface area contributed by atoms with Crippen molar-refractivity contribution in [2.45, 2.75) is 59.5 Å². The molecular weight excluding hydrogens is 252 g/mol. The Bertz CT molecular complexity index is 383. The van der Waals surface area contributed by atoms with E-state index in [0.29, 0.717) is 6.61 Å². The number of aliphatic hydroxyl groups is 1. The van der Waals surface area contributed by atoms with Crippen LogP contribution in [0.3, 0.4) is 0 Å². The number of hydrogen-bond donors (Lipinski definition) is 1. The topological polar surface area (TPSA) is 46.5 Å². The van der Waals surface area contributed by atoms with Crippen LogP contribution in [0.1, 0.15) is 53.9 Å². The van der Waals surface area contributed by atoms with Crippen LogP contribution in [0.15, 0.2) is 35.5 Å². The van der Waals surface area contributed by atoms with E-state index in [1.165, 1.54) is 11.1 Å². The van der Waals surface area contributed by atoms with Gasteiger partial charge in [-0.2, -0.15) is 0 Å². The lowest BCUT2D eigenvalue weighted by Gasteiger charge is -2.17. The first-order valence-corrected chi connectivity index (χ1v) is 7.13. The highest BCUT2D eigenvalue weighted by molar-refractivity contribution is 5.71.